The van der Waals surface area contributed by atoms with E-state index in [1.165, 1.54) is 18.5 Å². The maximum Gasteiger partial charge on any atom is 0.235 e. The van der Waals surface area contributed by atoms with Crippen molar-refractivity contribution in [3.05, 3.63) is 18.5 Å². The molecule has 0 aliphatic carbocycles. The summed E-state index contributed by atoms with van der Waals surface area (Å²) in [5.74, 6) is -0.0330. The highest BCUT2D eigenvalue weighted by atomic mass is 32.2. The summed E-state index contributed by atoms with van der Waals surface area (Å²) < 4.78 is 31.4. The second-order valence-electron chi connectivity index (χ2n) is 3.98. The van der Waals surface area contributed by atoms with E-state index in [4.69, 9.17) is 10.5 Å². The Hall–Kier alpha value is -1.34. The second-order valence-corrected chi connectivity index (χ2v) is 5.75. The molecule has 1 aliphatic rings. The van der Waals surface area contributed by atoms with Crippen molar-refractivity contribution in [1.29, 1.82) is 0 Å². The summed E-state index contributed by atoms with van der Waals surface area (Å²) in [5.41, 5.74) is 6.28. The number of nitrogens with two attached hydrogens (primary N) is 1. The summed E-state index contributed by atoms with van der Waals surface area (Å²) in [6.07, 6.45) is 4.38. The number of nitrogens with one attached hydrogen (secondary N) is 1. The SMILES string of the molecule is Nc1cnccc1NS(=O)(=O)CC1CCCO1. The molecule has 1 aliphatic heterocycles. The Kier molecular flexibility index (Phi) is 3.49. The number of aromatic nitrogens is 1. The van der Waals surface area contributed by atoms with Crippen molar-refractivity contribution in [2.45, 2.75) is 18.9 Å². The van der Waals surface area contributed by atoms with Gasteiger partial charge in [-0.2, -0.15) is 0 Å². The van der Waals surface area contributed by atoms with Gasteiger partial charge in [-0.15, -0.1) is 0 Å². The highest BCUT2D eigenvalue weighted by Crippen LogP contribution is 2.19. The zero-order chi connectivity index (χ0) is 12.3. The van der Waals surface area contributed by atoms with Crippen LogP contribution < -0.4 is 10.5 Å². The fraction of sp³-hybridized carbons (Fsp3) is 0.500. The van der Waals surface area contributed by atoms with Crippen LogP contribution in [0, 0.1) is 0 Å². The number of hydrogen-bond acceptors (Lipinski definition) is 5. The molecule has 0 bridgehead atoms. The van der Waals surface area contributed by atoms with Crippen LogP contribution in [0.2, 0.25) is 0 Å². The van der Waals surface area contributed by atoms with Crippen LogP contribution in [0.3, 0.4) is 0 Å². The maximum absolute atomic E-state index is 11.8. The molecule has 0 radical (unpaired) electrons. The molecule has 0 spiro atoms. The molecule has 1 atom stereocenters. The van der Waals surface area contributed by atoms with E-state index in [-0.39, 0.29) is 11.9 Å². The molecular formula is C10H15N3O3S. The van der Waals surface area contributed by atoms with Crippen molar-refractivity contribution < 1.29 is 13.2 Å². The lowest BCUT2D eigenvalue weighted by atomic mass is 10.3. The van der Waals surface area contributed by atoms with Gasteiger partial charge < -0.3 is 10.5 Å². The Morgan fingerprint density at radius 2 is 2.41 bits per heavy atom. The molecule has 17 heavy (non-hydrogen) atoms. The Balaban J connectivity index is 2.04. The van der Waals surface area contributed by atoms with Gasteiger partial charge in [0.05, 0.1) is 29.4 Å². The summed E-state index contributed by atoms with van der Waals surface area (Å²) in [6, 6.07) is 1.53. The van der Waals surface area contributed by atoms with Gasteiger partial charge >= 0.3 is 0 Å². The largest absolute Gasteiger partial charge is 0.396 e. The van der Waals surface area contributed by atoms with E-state index >= 15 is 0 Å². The zero-order valence-corrected chi connectivity index (χ0v) is 10.1. The summed E-state index contributed by atoms with van der Waals surface area (Å²) in [5, 5.41) is 0. The van der Waals surface area contributed by atoms with Crippen molar-refractivity contribution in [2.24, 2.45) is 0 Å². The fourth-order valence-electron chi connectivity index (χ4n) is 1.73. The Bertz CT molecular complexity index is 483. The third kappa shape index (κ3) is 3.31. The number of pyridine rings is 1. The van der Waals surface area contributed by atoms with Gasteiger partial charge in [0.25, 0.3) is 0 Å². The van der Waals surface area contributed by atoms with Crippen molar-refractivity contribution in [2.75, 3.05) is 22.8 Å². The Labute approximate surface area is 100 Å². The van der Waals surface area contributed by atoms with Crippen LogP contribution in [0.1, 0.15) is 12.8 Å². The Morgan fingerprint density at radius 1 is 1.59 bits per heavy atom. The number of nitrogens with zero attached hydrogens (tertiary/aromatic N) is 1. The number of nitrogen functional groups attached to an aromatic ring is 1. The molecule has 6 nitrogen and oxygen atoms in total. The molecule has 7 heteroatoms. The van der Waals surface area contributed by atoms with Crippen LogP contribution in [-0.4, -0.2) is 31.9 Å². The third-order valence-corrected chi connectivity index (χ3v) is 3.89. The number of anilines is 2. The van der Waals surface area contributed by atoms with Crippen molar-refractivity contribution >= 4 is 21.4 Å². The predicted molar refractivity (Wildman–Crippen MR) is 65.0 cm³/mol. The normalized spacial score (nSPS) is 20.4. The zero-order valence-electron chi connectivity index (χ0n) is 9.30. The van der Waals surface area contributed by atoms with Gasteiger partial charge in [0.15, 0.2) is 0 Å². The number of sulfonamides is 1. The molecule has 1 unspecified atom stereocenters. The number of ether oxygens (including phenoxy) is 1. The highest BCUT2D eigenvalue weighted by Gasteiger charge is 2.23. The minimum Gasteiger partial charge on any atom is -0.396 e. The summed E-state index contributed by atoms with van der Waals surface area (Å²) >= 11 is 0. The number of rotatable bonds is 4. The van der Waals surface area contributed by atoms with E-state index in [1.807, 2.05) is 0 Å². The number of hydrogen-bond donors (Lipinski definition) is 2. The standard InChI is InChI=1S/C10H15N3O3S/c11-9-6-12-4-3-10(9)13-17(14,15)7-8-2-1-5-16-8/h3-4,6,8H,1-2,5,7,11H2,(H,12,13). The fourth-order valence-corrected chi connectivity index (χ4v) is 3.09. The van der Waals surface area contributed by atoms with Crippen LogP contribution in [0.5, 0.6) is 0 Å². The van der Waals surface area contributed by atoms with Crippen LogP contribution >= 0.6 is 0 Å². The summed E-state index contributed by atoms with van der Waals surface area (Å²) in [6.45, 7) is 0.636. The van der Waals surface area contributed by atoms with Crippen molar-refractivity contribution in [3.8, 4) is 0 Å². The predicted octanol–water partition coefficient (Wildman–Crippen LogP) is 0.584. The first kappa shape index (κ1) is 12.1. The molecule has 0 amide bonds. The van der Waals surface area contributed by atoms with Crippen molar-refractivity contribution in [3.63, 3.8) is 0 Å². The highest BCUT2D eigenvalue weighted by molar-refractivity contribution is 7.92. The van der Waals surface area contributed by atoms with E-state index in [0.717, 1.165) is 12.8 Å². The van der Waals surface area contributed by atoms with Gasteiger partial charge in [-0.05, 0) is 18.9 Å². The third-order valence-electron chi connectivity index (χ3n) is 2.55. The topological polar surface area (TPSA) is 94.3 Å². The molecule has 1 aromatic heterocycles. The molecule has 94 valence electrons. The van der Waals surface area contributed by atoms with Gasteiger partial charge in [0, 0.05) is 12.8 Å². The van der Waals surface area contributed by atoms with Crippen molar-refractivity contribution in [1.82, 2.24) is 4.98 Å². The van der Waals surface area contributed by atoms with E-state index in [2.05, 4.69) is 9.71 Å². The molecule has 1 aromatic rings. The molecule has 1 fully saturated rings. The molecule has 0 saturated carbocycles. The molecule has 3 N–H and O–H groups in total. The van der Waals surface area contributed by atoms with Gasteiger partial charge in [0.1, 0.15) is 0 Å². The van der Waals surface area contributed by atoms with E-state index in [1.54, 1.807) is 0 Å². The first-order valence-electron chi connectivity index (χ1n) is 5.38. The average molecular weight is 257 g/mol. The Morgan fingerprint density at radius 3 is 3.06 bits per heavy atom. The van der Waals surface area contributed by atoms with E-state index in [9.17, 15) is 8.42 Å². The molecule has 2 rings (SSSR count). The summed E-state index contributed by atoms with van der Waals surface area (Å²) in [7, 11) is -3.42. The minimum atomic E-state index is -3.42. The minimum absolute atomic E-state index is 0.0330. The van der Waals surface area contributed by atoms with Gasteiger partial charge in [-0.25, -0.2) is 8.42 Å². The molecule has 0 aromatic carbocycles. The van der Waals surface area contributed by atoms with Gasteiger partial charge in [0.2, 0.25) is 10.0 Å². The van der Waals surface area contributed by atoms with Crippen LogP contribution in [0.25, 0.3) is 0 Å². The van der Waals surface area contributed by atoms with Gasteiger partial charge in [-0.3, -0.25) is 9.71 Å². The summed E-state index contributed by atoms with van der Waals surface area (Å²) in [4.78, 5) is 3.79. The van der Waals surface area contributed by atoms with Crippen LogP contribution in [0.15, 0.2) is 18.5 Å². The molecule has 2 heterocycles. The first-order chi connectivity index (χ1) is 8.07. The van der Waals surface area contributed by atoms with Crippen LogP contribution in [0.4, 0.5) is 11.4 Å². The van der Waals surface area contributed by atoms with Gasteiger partial charge in [-0.1, -0.05) is 0 Å². The first-order valence-corrected chi connectivity index (χ1v) is 7.04. The quantitative estimate of drug-likeness (QED) is 0.823. The van der Waals surface area contributed by atoms with Crippen LogP contribution in [-0.2, 0) is 14.8 Å². The molecule has 1 saturated heterocycles. The van der Waals surface area contributed by atoms with E-state index < -0.39 is 10.0 Å². The smallest absolute Gasteiger partial charge is 0.235 e. The average Bonchev–Trinajstić information content (AvgIpc) is 2.73. The lowest BCUT2D eigenvalue weighted by molar-refractivity contribution is 0.127. The lowest BCUT2D eigenvalue weighted by Crippen LogP contribution is -2.26. The lowest BCUT2D eigenvalue weighted by Gasteiger charge is -2.12. The monoisotopic (exact) mass is 257 g/mol. The molecular weight excluding hydrogens is 242 g/mol. The second kappa shape index (κ2) is 4.89. The van der Waals surface area contributed by atoms with E-state index in [0.29, 0.717) is 18.0 Å². The maximum atomic E-state index is 11.8.